The van der Waals surface area contributed by atoms with Gasteiger partial charge in [0.2, 0.25) is 0 Å². The molecule has 0 amide bonds. The van der Waals surface area contributed by atoms with Crippen molar-refractivity contribution in [2.24, 2.45) is 0 Å². The van der Waals surface area contributed by atoms with Crippen molar-refractivity contribution in [3.63, 3.8) is 0 Å². The highest BCUT2D eigenvalue weighted by Crippen LogP contribution is 2.21. The van der Waals surface area contributed by atoms with Crippen LogP contribution in [0.1, 0.15) is 38.5 Å². The van der Waals surface area contributed by atoms with E-state index in [0.29, 0.717) is 0 Å². The quantitative estimate of drug-likeness (QED) is 0.597. The molecule has 2 aliphatic rings. The van der Waals surface area contributed by atoms with Crippen LogP contribution >= 0.6 is 8.10 Å². The van der Waals surface area contributed by atoms with Crippen LogP contribution in [0.3, 0.4) is 0 Å². The summed E-state index contributed by atoms with van der Waals surface area (Å²) in [5.74, 6) is 0. The Morgan fingerprint density at radius 1 is 1.00 bits per heavy atom. The van der Waals surface area contributed by atoms with Crippen LogP contribution in [0.25, 0.3) is 0 Å². The number of piperidine rings is 2. The first-order chi connectivity index (χ1) is 8.18. The van der Waals surface area contributed by atoms with Crippen molar-refractivity contribution in [3.05, 3.63) is 0 Å². The summed E-state index contributed by atoms with van der Waals surface area (Å²) in [6.45, 7) is 4.21. The van der Waals surface area contributed by atoms with Crippen LogP contribution < -0.4 is 10.4 Å². The first-order valence-electron chi connectivity index (χ1n) is 6.79. The van der Waals surface area contributed by atoms with Crippen LogP contribution in [0, 0.1) is 0 Å². The van der Waals surface area contributed by atoms with Crippen LogP contribution in [0.2, 0.25) is 0 Å². The minimum absolute atomic E-state index is 0.746. The number of rotatable bonds is 4. The third-order valence-electron chi connectivity index (χ3n) is 3.72. The van der Waals surface area contributed by atoms with Crippen LogP contribution in [0.4, 0.5) is 0 Å². The Morgan fingerprint density at radius 2 is 1.59 bits per heavy atom. The van der Waals surface area contributed by atoms with E-state index in [9.17, 15) is 4.57 Å². The molecule has 0 spiro atoms. The average Bonchev–Trinajstić information content (AvgIpc) is 2.30. The van der Waals surface area contributed by atoms with Gasteiger partial charge in [-0.2, -0.15) is 0 Å². The van der Waals surface area contributed by atoms with Crippen molar-refractivity contribution in [2.75, 3.05) is 33.2 Å². The molecule has 98 valence electrons. The van der Waals surface area contributed by atoms with Crippen LogP contribution in [0.5, 0.6) is 0 Å². The number of likely N-dealkylation sites (tertiary alicyclic amines) is 1. The van der Waals surface area contributed by atoms with Crippen LogP contribution in [-0.2, 0) is 4.57 Å². The zero-order chi connectivity index (χ0) is 12.1. The molecule has 0 bridgehead atoms. The maximum atomic E-state index is 12.1. The van der Waals surface area contributed by atoms with Crippen molar-refractivity contribution in [1.29, 1.82) is 0 Å². The molecule has 2 saturated heterocycles. The third-order valence-corrected chi connectivity index (χ3v) is 4.85. The van der Waals surface area contributed by atoms with Crippen LogP contribution in [-0.4, -0.2) is 42.8 Å². The molecule has 17 heavy (non-hydrogen) atoms. The summed E-state index contributed by atoms with van der Waals surface area (Å²) in [4.78, 5) is 0. The normalized spacial score (nSPS) is 26.8. The predicted octanol–water partition coefficient (Wildman–Crippen LogP) is 1.77. The molecular weight excluding hydrogens is 235 g/mol. The molecular formula is C11H25N4OP+2. The molecule has 0 aliphatic carbocycles. The van der Waals surface area contributed by atoms with Crippen molar-refractivity contribution in [2.45, 2.75) is 38.5 Å². The predicted molar refractivity (Wildman–Crippen MR) is 69.1 cm³/mol. The largest absolute Gasteiger partial charge is 0.596 e. The second-order valence-electron chi connectivity index (χ2n) is 5.45. The summed E-state index contributed by atoms with van der Waals surface area (Å²) in [6.07, 6.45) is 7.50. The van der Waals surface area contributed by atoms with Crippen molar-refractivity contribution in [3.8, 4) is 0 Å². The number of quaternary nitrogens is 1. The topological polar surface area (TPSA) is 44.4 Å². The summed E-state index contributed by atoms with van der Waals surface area (Å²) in [6, 6.07) is 0. The molecule has 2 fully saturated rings. The maximum absolute atomic E-state index is 12.1. The zero-order valence-electron chi connectivity index (χ0n) is 10.8. The van der Waals surface area contributed by atoms with Gasteiger partial charge in [0, 0.05) is 13.1 Å². The van der Waals surface area contributed by atoms with Crippen molar-refractivity contribution >= 4 is 8.10 Å². The molecule has 0 radical (unpaired) electrons. The number of nitrogens with one attached hydrogen (secondary N) is 2. The smallest absolute Gasteiger partial charge is 0.207 e. The number of hydrogen-bond donors (Lipinski definition) is 2. The lowest BCUT2D eigenvalue weighted by atomic mass is 10.1. The van der Waals surface area contributed by atoms with Gasteiger partial charge in [-0.25, -0.2) is 9.60 Å². The summed E-state index contributed by atoms with van der Waals surface area (Å²) in [7, 11) is 0.616. The minimum Gasteiger partial charge on any atom is -0.207 e. The first-order valence-corrected chi connectivity index (χ1v) is 8.05. The number of hydrogen-bond acceptors (Lipinski definition) is 2. The van der Waals surface area contributed by atoms with Gasteiger partial charge >= 0.3 is 8.10 Å². The van der Waals surface area contributed by atoms with Crippen molar-refractivity contribution < 1.29 is 9.16 Å². The molecule has 0 saturated carbocycles. The second kappa shape index (κ2) is 6.21. The summed E-state index contributed by atoms with van der Waals surface area (Å²) < 4.78 is 12.8. The number of nitrogens with zero attached hydrogens (tertiary/aromatic N) is 2. The maximum Gasteiger partial charge on any atom is 0.596 e. The minimum atomic E-state index is -1.53. The molecule has 2 heterocycles. The van der Waals surface area contributed by atoms with Gasteiger partial charge in [-0.3, -0.25) is 0 Å². The summed E-state index contributed by atoms with van der Waals surface area (Å²) in [5.41, 5.74) is 0. The van der Waals surface area contributed by atoms with Crippen LogP contribution in [0.15, 0.2) is 0 Å². The molecule has 1 unspecified atom stereocenters. The molecule has 0 aromatic carbocycles. The lowest BCUT2D eigenvalue weighted by Gasteiger charge is -2.32. The van der Waals surface area contributed by atoms with E-state index < -0.39 is 8.10 Å². The molecule has 2 rings (SSSR count). The van der Waals surface area contributed by atoms with E-state index in [1.54, 1.807) is 0 Å². The Kier molecular flexibility index (Phi) is 4.88. The molecule has 1 atom stereocenters. The Balaban J connectivity index is 1.75. The highest BCUT2D eigenvalue weighted by Gasteiger charge is 2.35. The van der Waals surface area contributed by atoms with E-state index in [4.69, 9.17) is 0 Å². The van der Waals surface area contributed by atoms with Gasteiger partial charge in [-0.1, -0.05) is 6.42 Å². The Bertz CT molecular complexity index is 262. The van der Waals surface area contributed by atoms with E-state index >= 15 is 0 Å². The van der Waals surface area contributed by atoms with Gasteiger partial charge in [0.1, 0.15) is 0 Å². The second-order valence-corrected chi connectivity index (χ2v) is 6.43. The van der Waals surface area contributed by atoms with Gasteiger partial charge in [0.15, 0.2) is 0 Å². The summed E-state index contributed by atoms with van der Waals surface area (Å²) >= 11 is 0. The standard InChI is InChI=1S/C11H25N4OP/c1-15(10-6-3-7-11-15)13-17(16)12-14-8-4-2-5-9-14/h2-11H2,1H3,(H2,12,13,16)/q+2. The van der Waals surface area contributed by atoms with Crippen molar-refractivity contribution in [1.82, 2.24) is 15.4 Å². The zero-order valence-corrected chi connectivity index (χ0v) is 11.7. The first kappa shape index (κ1) is 13.4. The lowest BCUT2D eigenvalue weighted by molar-refractivity contribution is -0.943. The van der Waals surface area contributed by atoms with E-state index in [1.165, 1.54) is 38.5 Å². The van der Waals surface area contributed by atoms with Gasteiger partial charge in [0.05, 0.1) is 25.3 Å². The molecule has 5 nitrogen and oxygen atoms in total. The Hall–Kier alpha value is -0.0600. The van der Waals surface area contributed by atoms with E-state index in [0.717, 1.165) is 30.8 Å². The Morgan fingerprint density at radius 3 is 2.24 bits per heavy atom. The third kappa shape index (κ3) is 4.27. The SMILES string of the molecule is C[N+]1(N[P+](=O)NN2CCCCC2)CCCCC1. The lowest BCUT2D eigenvalue weighted by Crippen LogP contribution is -2.56. The van der Waals surface area contributed by atoms with Gasteiger partial charge in [-0.15, -0.1) is 0 Å². The average molecular weight is 260 g/mol. The molecule has 2 N–H and O–H groups in total. The Labute approximate surface area is 105 Å². The van der Waals surface area contributed by atoms with E-state index in [2.05, 4.69) is 22.4 Å². The monoisotopic (exact) mass is 260 g/mol. The van der Waals surface area contributed by atoms with E-state index in [-0.39, 0.29) is 0 Å². The molecule has 0 aromatic heterocycles. The molecule has 2 aliphatic heterocycles. The fourth-order valence-corrected chi connectivity index (χ4v) is 3.81. The molecule has 6 heteroatoms. The molecule has 0 aromatic rings. The van der Waals surface area contributed by atoms with Gasteiger partial charge in [-0.05, 0) is 41.9 Å². The fourth-order valence-electron chi connectivity index (χ4n) is 2.67. The van der Waals surface area contributed by atoms with E-state index in [1.807, 2.05) is 0 Å². The number of hydrazine groups is 1. The highest BCUT2D eigenvalue weighted by atomic mass is 31.1. The van der Waals surface area contributed by atoms with Gasteiger partial charge in [0.25, 0.3) is 0 Å². The highest BCUT2D eigenvalue weighted by molar-refractivity contribution is 7.39. The summed E-state index contributed by atoms with van der Waals surface area (Å²) in [5, 5.41) is 8.45. The van der Waals surface area contributed by atoms with Gasteiger partial charge < -0.3 is 0 Å². The fraction of sp³-hybridized carbons (Fsp3) is 1.00.